The summed E-state index contributed by atoms with van der Waals surface area (Å²) in [6, 6.07) is 12.1. The molecule has 2 aromatic carbocycles. The molecule has 0 saturated heterocycles. The first kappa shape index (κ1) is 21.4. The van der Waals surface area contributed by atoms with E-state index in [-0.39, 0.29) is 30.4 Å². The molecule has 0 aromatic heterocycles. The van der Waals surface area contributed by atoms with Crippen molar-refractivity contribution in [3.63, 3.8) is 0 Å². The third-order valence-corrected chi connectivity index (χ3v) is 5.00. The molecule has 0 spiro atoms. The van der Waals surface area contributed by atoms with Gasteiger partial charge in [0.25, 0.3) is 11.8 Å². The number of rotatable bonds is 8. The van der Waals surface area contributed by atoms with Crippen LogP contribution in [0.2, 0.25) is 0 Å². The molecular weight excluding hydrogens is 382 g/mol. The Hall–Kier alpha value is -3.35. The van der Waals surface area contributed by atoms with E-state index >= 15 is 0 Å². The first-order chi connectivity index (χ1) is 14.4. The Morgan fingerprint density at radius 2 is 1.77 bits per heavy atom. The Kier molecular flexibility index (Phi) is 6.72. The molecule has 0 bridgehead atoms. The molecule has 7 heteroatoms. The van der Waals surface area contributed by atoms with E-state index in [2.05, 4.69) is 10.6 Å². The summed E-state index contributed by atoms with van der Waals surface area (Å²) in [6.07, 6.45) is 0.474. The van der Waals surface area contributed by atoms with Gasteiger partial charge in [0.1, 0.15) is 5.75 Å². The summed E-state index contributed by atoms with van der Waals surface area (Å²) in [4.78, 5) is 38.2. The number of urea groups is 1. The van der Waals surface area contributed by atoms with Gasteiger partial charge in [-0.2, -0.15) is 0 Å². The molecular formula is C23H27N3O4. The minimum atomic E-state index is -0.311. The number of carbonyl (C=O) groups excluding carboxylic acids is 3. The van der Waals surface area contributed by atoms with Crippen LogP contribution in [0, 0.1) is 6.92 Å². The molecule has 30 heavy (non-hydrogen) atoms. The van der Waals surface area contributed by atoms with E-state index in [0.717, 1.165) is 16.9 Å². The standard InChI is InChI=1S/C23H27N3O4/c1-4-30-20-11-10-15(2)14-19(20)16(3)25-23(29)24-12-7-13-26-21(27)17-8-5-6-9-18(17)22(26)28/h5-6,8-11,14,16H,4,7,12-13H2,1-3H3,(H2,24,25,29). The third kappa shape index (κ3) is 4.62. The van der Waals surface area contributed by atoms with Crippen molar-refractivity contribution in [3.05, 3.63) is 64.7 Å². The van der Waals surface area contributed by atoms with E-state index in [1.807, 2.05) is 39.0 Å². The van der Waals surface area contributed by atoms with E-state index in [9.17, 15) is 14.4 Å². The van der Waals surface area contributed by atoms with Crippen molar-refractivity contribution in [1.82, 2.24) is 15.5 Å². The molecule has 0 saturated carbocycles. The van der Waals surface area contributed by atoms with Crippen LogP contribution in [-0.4, -0.2) is 42.4 Å². The van der Waals surface area contributed by atoms with Crippen molar-refractivity contribution in [2.45, 2.75) is 33.2 Å². The fourth-order valence-electron chi connectivity index (χ4n) is 3.50. The summed E-state index contributed by atoms with van der Waals surface area (Å²) in [5.41, 5.74) is 2.87. The molecule has 7 nitrogen and oxygen atoms in total. The summed E-state index contributed by atoms with van der Waals surface area (Å²) in [7, 11) is 0. The maximum Gasteiger partial charge on any atom is 0.315 e. The van der Waals surface area contributed by atoms with Crippen LogP contribution in [0.3, 0.4) is 0 Å². The molecule has 1 aliphatic heterocycles. The molecule has 2 N–H and O–H groups in total. The normalized spacial score (nSPS) is 13.8. The minimum Gasteiger partial charge on any atom is -0.494 e. The Labute approximate surface area is 176 Å². The number of ether oxygens (including phenoxy) is 1. The van der Waals surface area contributed by atoms with E-state index in [4.69, 9.17) is 4.74 Å². The van der Waals surface area contributed by atoms with Gasteiger partial charge in [-0.05, 0) is 45.4 Å². The van der Waals surface area contributed by atoms with Crippen molar-refractivity contribution in [1.29, 1.82) is 0 Å². The van der Waals surface area contributed by atoms with Crippen LogP contribution in [0.1, 0.15) is 58.2 Å². The molecule has 1 unspecified atom stereocenters. The number of nitrogens with zero attached hydrogens (tertiary/aromatic N) is 1. The first-order valence-electron chi connectivity index (χ1n) is 10.1. The number of fused-ring (bicyclic) bond motifs is 1. The van der Waals surface area contributed by atoms with Crippen molar-refractivity contribution in [2.24, 2.45) is 0 Å². The lowest BCUT2D eigenvalue weighted by atomic mass is 10.0. The van der Waals surface area contributed by atoms with Crippen molar-refractivity contribution in [2.75, 3.05) is 19.7 Å². The molecule has 2 aromatic rings. The highest BCUT2D eigenvalue weighted by atomic mass is 16.5. The predicted octanol–water partition coefficient (Wildman–Crippen LogP) is 3.44. The molecule has 0 fully saturated rings. The van der Waals surface area contributed by atoms with Gasteiger partial charge in [-0.3, -0.25) is 14.5 Å². The number of aryl methyl sites for hydroxylation is 1. The fourth-order valence-corrected chi connectivity index (χ4v) is 3.50. The Balaban J connectivity index is 1.47. The van der Waals surface area contributed by atoms with Crippen LogP contribution >= 0.6 is 0 Å². The SMILES string of the molecule is CCOc1ccc(C)cc1C(C)NC(=O)NCCCN1C(=O)c2ccccc2C1=O. The minimum absolute atomic E-state index is 0.234. The average Bonchev–Trinajstić information content (AvgIpc) is 2.97. The fraction of sp³-hybridized carbons (Fsp3) is 0.348. The van der Waals surface area contributed by atoms with Gasteiger partial charge >= 0.3 is 6.03 Å². The highest BCUT2D eigenvalue weighted by Gasteiger charge is 2.34. The maximum atomic E-state index is 12.3. The second kappa shape index (κ2) is 9.43. The predicted molar refractivity (Wildman–Crippen MR) is 114 cm³/mol. The van der Waals surface area contributed by atoms with E-state index < -0.39 is 0 Å². The molecule has 0 aliphatic carbocycles. The Morgan fingerprint density at radius 3 is 2.40 bits per heavy atom. The molecule has 0 radical (unpaired) electrons. The van der Waals surface area contributed by atoms with Crippen molar-refractivity contribution in [3.8, 4) is 5.75 Å². The molecule has 3 rings (SSSR count). The Morgan fingerprint density at radius 1 is 1.10 bits per heavy atom. The zero-order valence-corrected chi connectivity index (χ0v) is 17.5. The van der Waals surface area contributed by atoms with Gasteiger partial charge in [-0.25, -0.2) is 4.79 Å². The molecule has 4 amide bonds. The number of hydrogen-bond acceptors (Lipinski definition) is 4. The summed E-state index contributed by atoms with van der Waals surface area (Å²) in [5.74, 6) is 0.190. The van der Waals surface area contributed by atoms with Crippen LogP contribution in [-0.2, 0) is 0 Å². The number of amides is 4. The zero-order valence-electron chi connectivity index (χ0n) is 17.5. The largest absolute Gasteiger partial charge is 0.494 e. The second-order valence-electron chi connectivity index (χ2n) is 7.26. The molecule has 158 valence electrons. The lowest BCUT2D eigenvalue weighted by Crippen LogP contribution is -2.39. The lowest BCUT2D eigenvalue weighted by molar-refractivity contribution is 0.0653. The van der Waals surface area contributed by atoms with Crippen LogP contribution in [0.25, 0.3) is 0 Å². The average molecular weight is 409 g/mol. The van der Waals surface area contributed by atoms with Gasteiger partial charge in [-0.1, -0.05) is 29.8 Å². The van der Waals surface area contributed by atoms with Crippen LogP contribution < -0.4 is 15.4 Å². The number of hydrogen-bond donors (Lipinski definition) is 2. The van der Waals surface area contributed by atoms with Crippen LogP contribution in [0.5, 0.6) is 5.75 Å². The first-order valence-corrected chi connectivity index (χ1v) is 10.1. The van der Waals surface area contributed by atoms with Gasteiger partial charge in [0, 0.05) is 18.7 Å². The van der Waals surface area contributed by atoms with Gasteiger partial charge in [0.05, 0.1) is 23.8 Å². The summed E-state index contributed by atoms with van der Waals surface area (Å²) in [6.45, 7) is 6.96. The number of imide groups is 1. The van der Waals surface area contributed by atoms with Crippen molar-refractivity contribution >= 4 is 17.8 Å². The molecule has 1 heterocycles. The van der Waals surface area contributed by atoms with Gasteiger partial charge in [0.2, 0.25) is 0 Å². The van der Waals surface area contributed by atoms with Gasteiger partial charge in [-0.15, -0.1) is 0 Å². The third-order valence-electron chi connectivity index (χ3n) is 5.00. The maximum absolute atomic E-state index is 12.3. The van der Waals surface area contributed by atoms with Gasteiger partial charge < -0.3 is 15.4 Å². The monoisotopic (exact) mass is 409 g/mol. The van der Waals surface area contributed by atoms with Crippen LogP contribution in [0.15, 0.2) is 42.5 Å². The van der Waals surface area contributed by atoms with Crippen molar-refractivity contribution < 1.29 is 19.1 Å². The summed E-state index contributed by atoms with van der Waals surface area (Å²) < 4.78 is 5.66. The zero-order chi connectivity index (χ0) is 21.7. The van der Waals surface area contributed by atoms with Gasteiger partial charge in [0.15, 0.2) is 0 Å². The number of nitrogens with one attached hydrogen (secondary N) is 2. The topological polar surface area (TPSA) is 87.7 Å². The highest BCUT2D eigenvalue weighted by molar-refractivity contribution is 6.21. The van der Waals surface area contributed by atoms with E-state index in [0.29, 0.717) is 30.7 Å². The molecule has 1 aliphatic rings. The quantitative estimate of drug-likeness (QED) is 0.516. The lowest BCUT2D eigenvalue weighted by Gasteiger charge is -2.19. The smallest absolute Gasteiger partial charge is 0.315 e. The summed E-state index contributed by atoms with van der Waals surface area (Å²) >= 11 is 0. The van der Waals surface area contributed by atoms with E-state index in [1.165, 1.54) is 4.90 Å². The molecule has 1 atom stereocenters. The number of benzene rings is 2. The Bertz CT molecular complexity index is 922. The second-order valence-corrected chi connectivity index (χ2v) is 7.26. The highest BCUT2D eigenvalue weighted by Crippen LogP contribution is 2.26. The summed E-state index contributed by atoms with van der Waals surface area (Å²) in [5, 5.41) is 5.69. The number of carbonyl (C=O) groups is 3. The van der Waals surface area contributed by atoms with Crippen LogP contribution in [0.4, 0.5) is 4.79 Å². The van der Waals surface area contributed by atoms with E-state index in [1.54, 1.807) is 24.3 Å².